The number of carbonyl (C=O) groups is 1. The molecule has 0 aliphatic carbocycles. The molecule has 0 atom stereocenters. The maximum absolute atomic E-state index is 10.4. The van der Waals surface area contributed by atoms with Crippen LogP contribution in [0.4, 0.5) is 0 Å². The van der Waals surface area contributed by atoms with Gasteiger partial charge in [0.2, 0.25) is 5.89 Å². The van der Waals surface area contributed by atoms with Gasteiger partial charge in [-0.05, 0) is 25.5 Å². The van der Waals surface area contributed by atoms with E-state index < -0.39 is 5.97 Å². The third kappa shape index (κ3) is 2.89. The van der Waals surface area contributed by atoms with Gasteiger partial charge in [-0.2, -0.15) is 0 Å². The van der Waals surface area contributed by atoms with Gasteiger partial charge in [-0.3, -0.25) is 4.79 Å². The molecule has 94 valence electrons. The lowest BCUT2D eigenvalue weighted by Crippen LogP contribution is -1.97. The Morgan fingerprint density at radius 2 is 2.17 bits per heavy atom. The van der Waals surface area contributed by atoms with Gasteiger partial charge >= 0.3 is 5.97 Å². The molecule has 0 aliphatic heterocycles. The van der Waals surface area contributed by atoms with Crippen molar-refractivity contribution in [3.05, 3.63) is 29.3 Å². The van der Waals surface area contributed by atoms with E-state index >= 15 is 0 Å². The first-order chi connectivity index (χ1) is 8.56. The molecule has 0 spiro atoms. The van der Waals surface area contributed by atoms with Gasteiger partial charge in [0.05, 0.1) is 0 Å². The molecular weight excluding hydrogens is 252 g/mol. The van der Waals surface area contributed by atoms with E-state index in [0.717, 1.165) is 28.5 Å². The van der Waals surface area contributed by atoms with Gasteiger partial charge in [-0.25, -0.2) is 0 Å². The van der Waals surface area contributed by atoms with Gasteiger partial charge in [0.1, 0.15) is 5.75 Å². The Hall–Kier alpha value is -1.82. The van der Waals surface area contributed by atoms with Crippen molar-refractivity contribution in [1.29, 1.82) is 0 Å². The molecule has 18 heavy (non-hydrogen) atoms. The monoisotopic (exact) mass is 264 g/mol. The lowest BCUT2D eigenvalue weighted by Gasteiger charge is -2.01. The minimum atomic E-state index is -0.911. The van der Waals surface area contributed by atoms with Crippen LogP contribution in [0, 0.1) is 13.8 Å². The lowest BCUT2D eigenvalue weighted by atomic mass is 10.1. The molecular formula is C12H12N2O3S. The van der Waals surface area contributed by atoms with E-state index in [1.807, 2.05) is 32.0 Å². The van der Waals surface area contributed by atoms with Crippen LogP contribution < -0.4 is 0 Å². The average Bonchev–Trinajstić information content (AvgIpc) is 2.78. The summed E-state index contributed by atoms with van der Waals surface area (Å²) in [5, 5.41) is 16.6. The van der Waals surface area contributed by atoms with E-state index in [9.17, 15) is 4.79 Å². The second kappa shape index (κ2) is 5.22. The highest BCUT2D eigenvalue weighted by molar-refractivity contribution is 7.99. The van der Waals surface area contributed by atoms with Crippen LogP contribution in [0.1, 0.15) is 11.1 Å². The van der Waals surface area contributed by atoms with Crippen molar-refractivity contribution in [3.63, 3.8) is 0 Å². The normalized spacial score (nSPS) is 10.6. The summed E-state index contributed by atoms with van der Waals surface area (Å²) in [6.07, 6.45) is 0. The smallest absolute Gasteiger partial charge is 0.314 e. The minimum Gasteiger partial charge on any atom is -0.481 e. The molecule has 0 unspecified atom stereocenters. The highest BCUT2D eigenvalue weighted by atomic mass is 32.2. The summed E-state index contributed by atoms with van der Waals surface area (Å²) in [4.78, 5) is 10.4. The minimum absolute atomic E-state index is 0.0889. The summed E-state index contributed by atoms with van der Waals surface area (Å²) in [5.74, 6) is -0.579. The highest BCUT2D eigenvalue weighted by Crippen LogP contribution is 2.26. The number of carboxylic acids is 1. The quantitative estimate of drug-likeness (QED) is 0.855. The van der Waals surface area contributed by atoms with Crippen molar-refractivity contribution in [2.45, 2.75) is 19.1 Å². The molecule has 1 aromatic carbocycles. The molecule has 0 aliphatic rings. The van der Waals surface area contributed by atoms with Crippen molar-refractivity contribution >= 4 is 17.7 Å². The van der Waals surface area contributed by atoms with Crippen molar-refractivity contribution < 1.29 is 14.3 Å². The van der Waals surface area contributed by atoms with Gasteiger partial charge in [0.25, 0.3) is 5.22 Å². The van der Waals surface area contributed by atoms with E-state index in [1.54, 1.807) is 0 Å². The lowest BCUT2D eigenvalue weighted by molar-refractivity contribution is -0.133. The fraction of sp³-hybridized carbons (Fsp3) is 0.250. The molecule has 6 heteroatoms. The molecule has 2 rings (SSSR count). The van der Waals surface area contributed by atoms with Crippen LogP contribution in [-0.4, -0.2) is 27.0 Å². The summed E-state index contributed by atoms with van der Waals surface area (Å²) in [6, 6.07) is 5.96. The number of carboxylic acid groups (broad SMARTS) is 1. The van der Waals surface area contributed by atoms with Crippen molar-refractivity contribution in [2.75, 3.05) is 5.75 Å². The van der Waals surface area contributed by atoms with E-state index in [1.165, 1.54) is 0 Å². The number of hydrogen-bond acceptors (Lipinski definition) is 5. The predicted molar refractivity (Wildman–Crippen MR) is 67.6 cm³/mol. The van der Waals surface area contributed by atoms with Crippen LogP contribution >= 0.6 is 11.8 Å². The van der Waals surface area contributed by atoms with Crippen molar-refractivity contribution in [2.24, 2.45) is 0 Å². The third-order valence-corrected chi connectivity index (χ3v) is 3.15. The zero-order valence-electron chi connectivity index (χ0n) is 10.0. The van der Waals surface area contributed by atoms with Crippen LogP contribution in [-0.2, 0) is 4.79 Å². The van der Waals surface area contributed by atoms with Gasteiger partial charge < -0.3 is 9.52 Å². The molecule has 1 heterocycles. The molecule has 1 aromatic heterocycles. The summed E-state index contributed by atoms with van der Waals surface area (Å²) < 4.78 is 5.43. The molecule has 0 bridgehead atoms. The van der Waals surface area contributed by atoms with Gasteiger partial charge in [-0.15, -0.1) is 10.2 Å². The maximum atomic E-state index is 10.4. The summed E-state index contributed by atoms with van der Waals surface area (Å²) in [6.45, 7) is 3.95. The molecule has 2 aromatic rings. The van der Waals surface area contributed by atoms with E-state index in [4.69, 9.17) is 9.52 Å². The molecule has 0 fully saturated rings. The Morgan fingerprint density at radius 3 is 2.89 bits per heavy atom. The van der Waals surface area contributed by atoms with Crippen LogP contribution in [0.3, 0.4) is 0 Å². The molecule has 1 N–H and O–H groups in total. The number of aliphatic carboxylic acids is 1. The summed E-state index contributed by atoms with van der Waals surface area (Å²) in [7, 11) is 0. The first-order valence-electron chi connectivity index (χ1n) is 5.32. The second-order valence-electron chi connectivity index (χ2n) is 3.87. The van der Waals surface area contributed by atoms with Gasteiger partial charge in [-0.1, -0.05) is 29.5 Å². The van der Waals surface area contributed by atoms with Crippen LogP contribution in [0.2, 0.25) is 0 Å². The fourth-order valence-corrected chi connectivity index (χ4v) is 1.95. The first kappa shape index (κ1) is 12.6. The summed E-state index contributed by atoms with van der Waals surface area (Å²) in [5.41, 5.74) is 3.03. The van der Waals surface area contributed by atoms with E-state index in [0.29, 0.717) is 5.89 Å². The Morgan fingerprint density at radius 1 is 1.39 bits per heavy atom. The summed E-state index contributed by atoms with van der Waals surface area (Å²) >= 11 is 1.01. The van der Waals surface area contributed by atoms with Crippen molar-refractivity contribution in [3.8, 4) is 11.5 Å². The number of benzene rings is 1. The average molecular weight is 264 g/mol. The molecule has 0 saturated heterocycles. The van der Waals surface area contributed by atoms with E-state index in [2.05, 4.69) is 10.2 Å². The molecule has 5 nitrogen and oxygen atoms in total. The van der Waals surface area contributed by atoms with Crippen LogP contribution in [0.15, 0.2) is 27.8 Å². The predicted octanol–water partition coefficient (Wildman–Crippen LogP) is 2.53. The number of nitrogens with zero attached hydrogens (tertiary/aromatic N) is 2. The standard InChI is InChI=1S/C12H12N2O3S/c1-7-3-4-8(2)9(5-7)11-13-14-12(17-11)18-6-10(15)16/h3-5H,6H2,1-2H3,(H,15,16). The van der Waals surface area contributed by atoms with E-state index in [-0.39, 0.29) is 11.0 Å². The maximum Gasteiger partial charge on any atom is 0.314 e. The van der Waals surface area contributed by atoms with Gasteiger partial charge in [0, 0.05) is 5.56 Å². The third-order valence-electron chi connectivity index (χ3n) is 2.35. The molecule has 0 amide bonds. The zero-order valence-corrected chi connectivity index (χ0v) is 10.8. The van der Waals surface area contributed by atoms with Crippen LogP contribution in [0.5, 0.6) is 0 Å². The second-order valence-corrected chi connectivity index (χ2v) is 4.80. The Kier molecular flexibility index (Phi) is 3.66. The zero-order chi connectivity index (χ0) is 13.1. The first-order valence-corrected chi connectivity index (χ1v) is 6.30. The number of hydrogen-bond donors (Lipinski definition) is 1. The Balaban J connectivity index is 2.23. The van der Waals surface area contributed by atoms with Crippen LogP contribution in [0.25, 0.3) is 11.5 Å². The number of aromatic nitrogens is 2. The SMILES string of the molecule is Cc1ccc(C)c(-c2nnc(SCC(=O)O)o2)c1. The molecule has 0 saturated carbocycles. The number of thioether (sulfide) groups is 1. The number of rotatable bonds is 4. The fourth-order valence-electron chi connectivity index (χ4n) is 1.47. The largest absolute Gasteiger partial charge is 0.481 e. The van der Waals surface area contributed by atoms with Gasteiger partial charge in [0.15, 0.2) is 0 Å². The number of aryl methyl sites for hydroxylation is 2. The molecule has 0 radical (unpaired) electrons. The van der Waals surface area contributed by atoms with Crippen molar-refractivity contribution in [1.82, 2.24) is 10.2 Å². The highest BCUT2D eigenvalue weighted by Gasteiger charge is 2.12. The Bertz CT molecular complexity index is 580. The Labute approximate surface area is 108 Å². The topological polar surface area (TPSA) is 76.2 Å².